The number of aromatic nitrogens is 4. The van der Waals surface area contributed by atoms with Crippen LogP contribution in [0.2, 0.25) is 0 Å². The number of carbonyl (C=O) groups excluding carboxylic acids is 1. The molecular formula is C16H13FN6O3. The molecule has 1 aromatic heterocycles. The van der Waals surface area contributed by atoms with Gasteiger partial charge in [-0.2, -0.15) is 4.68 Å². The third-order valence-electron chi connectivity index (χ3n) is 3.54. The van der Waals surface area contributed by atoms with Crippen molar-refractivity contribution in [1.82, 2.24) is 25.5 Å². The van der Waals surface area contributed by atoms with E-state index >= 15 is 0 Å². The van der Waals surface area contributed by atoms with E-state index in [0.29, 0.717) is 17.1 Å². The van der Waals surface area contributed by atoms with Gasteiger partial charge < -0.3 is 5.32 Å². The second-order valence-corrected chi connectivity index (χ2v) is 5.36. The number of nitrogens with one attached hydrogen (secondary N) is 1. The Balaban J connectivity index is 1.62. The zero-order chi connectivity index (χ0) is 18.5. The summed E-state index contributed by atoms with van der Waals surface area (Å²) >= 11 is 0. The molecule has 0 saturated carbocycles. The van der Waals surface area contributed by atoms with Crippen LogP contribution in [0.5, 0.6) is 0 Å². The molecule has 0 fully saturated rings. The van der Waals surface area contributed by atoms with Crippen molar-refractivity contribution >= 4 is 11.6 Å². The lowest BCUT2D eigenvalue weighted by Gasteiger charge is -2.07. The summed E-state index contributed by atoms with van der Waals surface area (Å²) in [5.74, 6) is -0.383. The molecule has 0 aliphatic carbocycles. The van der Waals surface area contributed by atoms with Crippen LogP contribution in [0.3, 0.4) is 0 Å². The SMILES string of the molecule is O=C(Cc1ccc([N+](=O)[O-])cc1)NCc1nnnn1-c1cccc(F)c1. The fourth-order valence-corrected chi connectivity index (χ4v) is 2.29. The molecule has 3 rings (SSSR count). The van der Waals surface area contributed by atoms with Gasteiger partial charge >= 0.3 is 0 Å². The summed E-state index contributed by atoms with van der Waals surface area (Å²) in [5, 5.41) is 24.4. The molecule has 3 aromatic rings. The van der Waals surface area contributed by atoms with E-state index in [0.717, 1.165) is 0 Å². The molecule has 1 heterocycles. The Morgan fingerprint density at radius 2 is 2.00 bits per heavy atom. The normalized spacial score (nSPS) is 10.5. The monoisotopic (exact) mass is 356 g/mol. The van der Waals surface area contributed by atoms with Gasteiger partial charge in [0, 0.05) is 12.1 Å². The van der Waals surface area contributed by atoms with Crippen molar-refractivity contribution in [3.05, 3.63) is 75.9 Å². The summed E-state index contributed by atoms with van der Waals surface area (Å²) in [5.41, 5.74) is 1.04. The number of benzene rings is 2. The maximum Gasteiger partial charge on any atom is 0.269 e. The number of amides is 1. The second-order valence-electron chi connectivity index (χ2n) is 5.36. The molecule has 26 heavy (non-hydrogen) atoms. The molecule has 10 heteroatoms. The van der Waals surface area contributed by atoms with Gasteiger partial charge in [0.15, 0.2) is 5.82 Å². The second kappa shape index (κ2) is 7.47. The molecule has 0 spiro atoms. The van der Waals surface area contributed by atoms with E-state index in [1.54, 1.807) is 6.07 Å². The summed E-state index contributed by atoms with van der Waals surface area (Å²) in [6.07, 6.45) is 0.0551. The van der Waals surface area contributed by atoms with Crippen molar-refractivity contribution in [3.8, 4) is 5.69 Å². The average Bonchev–Trinajstić information content (AvgIpc) is 3.09. The number of non-ortho nitro benzene ring substituents is 1. The fraction of sp³-hybridized carbons (Fsp3) is 0.125. The Bertz CT molecular complexity index is 941. The maximum absolute atomic E-state index is 13.3. The number of nitro groups is 1. The summed E-state index contributed by atoms with van der Waals surface area (Å²) in [6.45, 7) is 0.0509. The summed E-state index contributed by atoms with van der Waals surface area (Å²) in [4.78, 5) is 22.2. The number of tetrazole rings is 1. The first-order valence-corrected chi connectivity index (χ1v) is 7.56. The highest BCUT2D eigenvalue weighted by Gasteiger charge is 2.11. The molecule has 0 atom stereocenters. The first-order chi connectivity index (χ1) is 12.5. The molecule has 9 nitrogen and oxygen atoms in total. The Kier molecular flexibility index (Phi) is 4.92. The molecule has 0 saturated heterocycles. The quantitative estimate of drug-likeness (QED) is 0.529. The van der Waals surface area contributed by atoms with Crippen LogP contribution in [0.4, 0.5) is 10.1 Å². The minimum atomic E-state index is -0.504. The van der Waals surface area contributed by atoms with Crippen LogP contribution in [0.1, 0.15) is 11.4 Å². The number of nitrogens with zero attached hydrogens (tertiary/aromatic N) is 5. The maximum atomic E-state index is 13.3. The van der Waals surface area contributed by atoms with E-state index in [-0.39, 0.29) is 24.6 Å². The summed E-state index contributed by atoms with van der Waals surface area (Å²) < 4.78 is 14.7. The van der Waals surface area contributed by atoms with Crippen molar-refractivity contribution in [2.75, 3.05) is 0 Å². The van der Waals surface area contributed by atoms with Gasteiger partial charge in [-0.15, -0.1) is 5.10 Å². The smallest absolute Gasteiger partial charge is 0.269 e. The fourth-order valence-electron chi connectivity index (χ4n) is 2.29. The van der Waals surface area contributed by atoms with Crippen molar-refractivity contribution < 1.29 is 14.1 Å². The van der Waals surface area contributed by atoms with Crippen molar-refractivity contribution in [3.63, 3.8) is 0 Å². The summed E-state index contributed by atoms with van der Waals surface area (Å²) in [6, 6.07) is 11.5. The molecule has 0 unspecified atom stereocenters. The number of halogens is 1. The van der Waals surface area contributed by atoms with Gasteiger partial charge in [0.1, 0.15) is 5.82 Å². The van der Waals surface area contributed by atoms with Gasteiger partial charge in [-0.3, -0.25) is 14.9 Å². The van der Waals surface area contributed by atoms with Gasteiger partial charge in [-0.25, -0.2) is 4.39 Å². The van der Waals surface area contributed by atoms with Gasteiger partial charge in [0.2, 0.25) is 5.91 Å². The van der Waals surface area contributed by atoms with Crippen LogP contribution >= 0.6 is 0 Å². The van der Waals surface area contributed by atoms with Gasteiger partial charge in [0.25, 0.3) is 5.69 Å². The van der Waals surface area contributed by atoms with E-state index in [1.165, 1.54) is 47.1 Å². The third-order valence-corrected chi connectivity index (χ3v) is 3.54. The number of rotatable bonds is 6. The molecule has 0 aliphatic rings. The number of nitro benzene ring substituents is 1. The van der Waals surface area contributed by atoms with Gasteiger partial charge in [-0.1, -0.05) is 18.2 Å². The Labute approximate surface area is 146 Å². The molecular weight excluding hydrogens is 343 g/mol. The highest BCUT2D eigenvalue weighted by Crippen LogP contribution is 2.12. The molecule has 1 amide bonds. The molecule has 2 aromatic carbocycles. The van der Waals surface area contributed by atoms with Crippen molar-refractivity contribution in [1.29, 1.82) is 0 Å². The lowest BCUT2D eigenvalue weighted by Crippen LogP contribution is -2.26. The Morgan fingerprint density at radius 3 is 2.69 bits per heavy atom. The molecule has 132 valence electrons. The highest BCUT2D eigenvalue weighted by atomic mass is 19.1. The molecule has 0 aliphatic heterocycles. The van der Waals surface area contributed by atoms with E-state index < -0.39 is 10.7 Å². The van der Waals surface area contributed by atoms with Crippen molar-refractivity contribution in [2.24, 2.45) is 0 Å². The van der Waals surface area contributed by atoms with Gasteiger partial charge in [-0.05, 0) is 34.2 Å². The standard InChI is InChI=1S/C16H13FN6O3/c17-12-2-1-3-14(9-12)22-15(19-20-21-22)10-18-16(24)8-11-4-6-13(7-5-11)23(25)26/h1-7,9H,8,10H2,(H,18,24). The highest BCUT2D eigenvalue weighted by molar-refractivity contribution is 5.78. The van der Waals surface area contributed by atoms with Crippen LogP contribution in [0.25, 0.3) is 5.69 Å². The first kappa shape index (κ1) is 17.1. The number of hydrogen-bond acceptors (Lipinski definition) is 6. The Hall–Kier alpha value is -3.69. The minimum absolute atomic E-state index is 0.0385. The van der Waals surface area contributed by atoms with Gasteiger partial charge in [0.05, 0.1) is 23.6 Å². The lowest BCUT2D eigenvalue weighted by atomic mass is 10.1. The van der Waals surface area contributed by atoms with E-state index in [9.17, 15) is 19.3 Å². The number of carbonyl (C=O) groups is 1. The Morgan fingerprint density at radius 1 is 1.23 bits per heavy atom. The first-order valence-electron chi connectivity index (χ1n) is 7.56. The van der Waals surface area contributed by atoms with Crippen LogP contribution in [0.15, 0.2) is 48.5 Å². The molecule has 0 bridgehead atoms. The van der Waals surface area contributed by atoms with Crippen LogP contribution in [0, 0.1) is 15.9 Å². The van der Waals surface area contributed by atoms with E-state index in [4.69, 9.17) is 0 Å². The third kappa shape index (κ3) is 4.04. The lowest BCUT2D eigenvalue weighted by molar-refractivity contribution is -0.384. The topological polar surface area (TPSA) is 116 Å². The zero-order valence-electron chi connectivity index (χ0n) is 13.4. The predicted molar refractivity (Wildman–Crippen MR) is 87.8 cm³/mol. The van der Waals surface area contributed by atoms with Crippen LogP contribution in [-0.4, -0.2) is 31.0 Å². The largest absolute Gasteiger partial charge is 0.348 e. The minimum Gasteiger partial charge on any atom is -0.348 e. The van der Waals surface area contributed by atoms with Crippen LogP contribution < -0.4 is 5.32 Å². The zero-order valence-corrected chi connectivity index (χ0v) is 13.4. The van der Waals surface area contributed by atoms with Crippen molar-refractivity contribution in [2.45, 2.75) is 13.0 Å². The predicted octanol–water partition coefficient (Wildman–Crippen LogP) is 1.57. The average molecular weight is 356 g/mol. The van der Waals surface area contributed by atoms with E-state index in [2.05, 4.69) is 20.8 Å². The van der Waals surface area contributed by atoms with E-state index in [1.807, 2.05) is 0 Å². The molecule has 0 radical (unpaired) electrons. The number of hydrogen-bond donors (Lipinski definition) is 1. The molecule has 1 N–H and O–H groups in total. The summed E-state index contributed by atoms with van der Waals surface area (Å²) in [7, 11) is 0. The van der Waals surface area contributed by atoms with Crippen LogP contribution in [-0.2, 0) is 17.8 Å².